The molecule has 0 saturated carbocycles. The minimum atomic E-state index is -0.414. The van der Waals surface area contributed by atoms with E-state index in [0.717, 1.165) is 46.4 Å². The molecule has 0 amide bonds. The molecule has 1 aromatic heterocycles. The number of aromatic hydroxyl groups is 1. The Hall–Kier alpha value is -2.75. The first kappa shape index (κ1) is 21.9. The summed E-state index contributed by atoms with van der Waals surface area (Å²) >= 11 is 0. The van der Waals surface area contributed by atoms with Gasteiger partial charge in [0.2, 0.25) is 0 Å². The zero-order valence-electron chi connectivity index (χ0n) is 18.8. The lowest BCUT2D eigenvalue weighted by molar-refractivity contribution is -0.128. The van der Waals surface area contributed by atoms with E-state index in [1.54, 1.807) is 18.2 Å². The van der Waals surface area contributed by atoms with Crippen LogP contribution < -0.4 is 4.74 Å². The van der Waals surface area contributed by atoms with E-state index in [-0.39, 0.29) is 23.6 Å². The number of fused-ring (bicyclic) bond motifs is 1. The van der Waals surface area contributed by atoms with Gasteiger partial charge in [-0.3, -0.25) is 4.79 Å². The van der Waals surface area contributed by atoms with E-state index in [1.165, 1.54) is 0 Å². The fourth-order valence-corrected chi connectivity index (χ4v) is 3.88. The predicted molar refractivity (Wildman–Crippen MR) is 120 cm³/mol. The average molecular weight is 409 g/mol. The van der Waals surface area contributed by atoms with Crippen LogP contribution in [0.3, 0.4) is 0 Å². The normalized spacial score (nSPS) is 12.3. The van der Waals surface area contributed by atoms with Gasteiger partial charge < -0.3 is 14.3 Å². The lowest BCUT2D eigenvalue weighted by Gasteiger charge is -2.31. The van der Waals surface area contributed by atoms with Gasteiger partial charge in [-0.25, -0.2) is 0 Å². The molecular weight excluding hydrogens is 376 g/mol. The molecule has 160 valence electrons. The first-order valence-corrected chi connectivity index (χ1v) is 10.6. The van der Waals surface area contributed by atoms with Crippen LogP contribution in [0.2, 0.25) is 0 Å². The minimum absolute atomic E-state index is 0.0729. The topological polar surface area (TPSA) is 59.7 Å². The van der Waals surface area contributed by atoms with E-state index in [0.29, 0.717) is 0 Å². The molecule has 2 aromatic carbocycles. The van der Waals surface area contributed by atoms with E-state index in [4.69, 9.17) is 9.15 Å². The number of ether oxygens (including phenoxy) is 1. The van der Waals surface area contributed by atoms with Gasteiger partial charge in [0, 0.05) is 10.8 Å². The van der Waals surface area contributed by atoms with Crippen LogP contribution in [0.4, 0.5) is 0 Å². The predicted octanol–water partition coefficient (Wildman–Crippen LogP) is 6.55. The van der Waals surface area contributed by atoms with E-state index in [9.17, 15) is 9.90 Å². The zero-order chi connectivity index (χ0) is 22.1. The van der Waals surface area contributed by atoms with E-state index < -0.39 is 5.41 Å². The van der Waals surface area contributed by atoms with Crippen LogP contribution >= 0.6 is 0 Å². The number of benzene rings is 2. The molecule has 0 spiro atoms. The summed E-state index contributed by atoms with van der Waals surface area (Å²) < 4.78 is 12.1. The van der Waals surface area contributed by atoms with Crippen LogP contribution in [0.25, 0.3) is 11.0 Å². The van der Waals surface area contributed by atoms with E-state index >= 15 is 0 Å². The van der Waals surface area contributed by atoms with Gasteiger partial charge in [-0.05, 0) is 61.2 Å². The number of Topliss-reactive ketones (excluding diaryl/α,β-unsaturated/α-hetero) is 1. The summed E-state index contributed by atoms with van der Waals surface area (Å²) in [7, 11) is 0. The van der Waals surface area contributed by atoms with Gasteiger partial charge in [-0.2, -0.15) is 0 Å². The standard InChI is InChI=1S/C26H32O4/c1-7-26(8-2,24-15-18-14-20(27)10-12-22(18)30-24)19-9-11-21(17(3)13-19)29-16-23(28)25(4,5)6/h9-15,27H,7-8,16H2,1-6H3. The highest BCUT2D eigenvalue weighted by atomic mass is 16.5. The summed E-state index contributed by atoms with van der Waals surface area (Å²) in [5, 5.41) is 10.7. The van der Waals surface area contributed by atoms with Crippen molar-refractivity contribution in [2.45, 2.75) is 59.8 Å². The first-order chi connectivity index (χ1) is 14.1. The Morgan fingerprint density at radius 1 is 1.03 bits per heavy atom. The van der Waals surface area contributed by atoms with Crippen LogP contribution in [0, 0.1) is 12.3 Å². The SMILES string of the molecule is CCC(CC)(c1ccc(OCC(=O)C(C)(C)C)c(C)c1)c1cc2cc(O)ccc2o1. The summed E-state index contributed by atoms with van der Waals surface area (Å²) in [5.41, 5.74) is 2.23. The van der Waals surface area contributed by atoms with Crippen molar-refractivity contribution in [1.82, 2.24) is 0 Å². The summed E-state index contributed by atoms with van der Waals surface area (Å²) in [5.74, 6) is 1.93. The van der Waals surface area contributed by atoms with Crippen LogP contribution in [-0.2, 0) is 10.2 Å². The van der Waals surface area contributed by atoms with Gasteiger partial charge in [0.1, 0.15) is 29.4 Å². The molecule has 0 aliphatic rings. The van der Waals surface area contributed by atoms with Crippen molar-refractivity contribution in [3.8, 4) is 11.5 Å². The Bertz CT molecular complexity index is 1050. The third kappa shape index (κ3) is 4.09. The maximum atomic E-state index is 12.2. The Balaban J connectivity index is 1.95. The maximum absolute atomic E-state index is 12.2. The molecule has 30 heavy (non-hydrogen) atoms. The fourth-order valence-electron chi connectivity index (χ4n) is 3.88. The van der Waals surface area contributed by atoms with Crippen LogP contribution in [-0.4, -0.2) is 17.5 Å². The van der Waals surface area contributed by atoms with Gasteiger partial charge >= 0.3 is 0 Å². The quantitative estimate of drug-likeness (QED) is 0.482. The minimum Gasteiger partial charge on any atom is -0.508 e. The smallest absolute Gasteiger partial charge is 0.175 e. The lowest BCUT2D eigenvalue weighted by Crippen LogP contribution is -2.27. The molecule has 1 heterocycles. The second-order valence-electron chi connectivity index (χ2n) is 9.06. The van der Waals surface area contributed by atoms with Crippen molar-refractivity contribution < 1.29 is 19.1 Å². The Kier molecular flexibility index (Phi) is 5.98. The van der Waals surface area contributed by atoms with Crippen molar-refractivity contribution in [1.29, 1.82) is 0 Å². The van der Waals surface area contributed by atoms with Gasteiger partial charge in [0.25, 0.3) is 0 Å². The summed E-state index contributed by atoms with van der Waals surface area (Å²) in [6, 6.07) is 13.4. The number of hydrogen-bond acceptors (Lipinski definition) is 4. The molecule has 0 fully saturated rings. The highest BCUT2D eigenvalue weighted by molar-refractivity contribution is 5.85. The molecule has 4 nitrogen and oxygen atoms in total. The molecule has 0 atom stereocenters. The lowest BCUT2D eigenvalue weighted by atomic mass is 9.73. The molecule has 4 heteroatoms. The monoisotopic (exact) mass is 408 g/mol. The average Bonchev–Trinajstić information content (AvgIpc) is 3.11. The number of ketones is 1. The van der Waals surface area contributed by atoms with Crippen LogP contribution in [0.5, 0.6) is 11.5 Å². The third-order valence-electron chi connectivity index (χ3n) is 6.10. The number of rotatable bonds is 7. The van der Waals surface area contributed by atoms with Gasteiger partial charge in [0.05, 0.1) is 5.41 Å². The molecule has 0 bridgehead atoms. The maximum Gasteiger partial charge on any atom is 0.175 e. The zero-order valence-corrected chi connectivity index (χ0v) is 18.8. The number of aryl methyl sites for hydroxylation is 1. The van der Waals surface area contributed by atoms with E-state index in [2.05, 4.69) is 26.0 Å². The largest absolute Gasteiger partial charge is 0.508 e. The summed E-state index contributed by atoms with van der Waals surface area (Å²) in [6.07, 6.45) is 1.74. The van der Waals surface area contributed by atoms with Crippen LogP contribution in [0.1, 0.15) is 64.3 Å². The Morgan fingerprint density at radius 3 is 2.33 bits per heavy atom. The first-order valence-electron chi connectivity index (χ1n) is 10.6. The third-order valence-corrected chi connectivity index (χ3v) is 6.10. The van der Waals surface area contributed by atoms with Crippen molar-refractivity contribution >= 4 is 16.8 Å². The number of phenolic OH excluding ortho intramolecular Hbond substituents is 1. The number of carbonyl (C=O) groups is 1. The second-order valence-corrected chi connectivity index (χ2v) is 9.06. The molecular formula is C26H32O4. The molecule has 0 aliphatic carbocycles. The summed E-state index contributed by atoms with van der Waals surface area (Å²) in [4.78, 5) is 12.2. The van der Waals surface area contributed by atoms with Gasteiger partial charge in [-0.1, -0.05) is 46.8 Å². The van der Waals surface area contributed by atoms with E-state index in [1.807, 2.05) is 39.8 Å². The second kappa shape index (κ2) is 8.17. The molecule has 1 N–H and O–H groups in total. The number of hydrogen-bond donors (Lipinski definition) is 1. The van der Waals surface area contributed by atoms with Gasteiger partial charge in [0.15, 0.2) is 5.78 Å². The molecule has 0 aliphatic heterocycles. The number of furan rings is 1. The van der Waals surface area contributed by atoms with Crippen molar-refractivity contribution in [3.05, 3.63) is 59.4 Å². The highest BCUT2D eigenvalue weighted by Crippen LogP contribution is 2.42. The fraction of sp³-hybridized carbons (Fsp3) is 0.423. The van der Waals surface area contributed by atoms with Crippen molar-refractivity contribution in [2.75, 3.05) is 6.61 Å². The van der Waals surface area contributed by atoms with Gasteiger partial charge in [-0.15, -0.1) is 0 Å². The molecule has 0 unspecified atom stereocenters. The molecule has 0 saturated heterocycles. The van der Waals surface area contributed by atoms with Crippen molar-refractivity contribution in [2.24, 2.45) is 5.41 Å². The molecule has 3 rings (SSSR count). The highest BCUT2D eigenvalue weighted by Gasteiger charge is 2.34. The molecule has 0 radical (unpaired) electrons. The Labute approximate surface area is 178 Å². The number of phenols is 1. The number of carbonyl (C=O) groups excluding carboxylic acids is 1. The van der Waals surface area contributed by atoms with Crippen molar-refractivity contribution in [3.63, 3.8) is 0 Å². The molecule has 3 aromatic rings. The van der Waals surface area contributed by atoms with Crippen LogP contribution in [0.15, 0.2) is 46.9 Å². The Morgan fingerprint density at radius 2 is 1.73 bits per heavy atom. The summed E-state index contributed by atoms with van der Waals surface area (Å²) in [6.45, 7) is 12.1.